The van der Waals surface area contributed by atoms with E-state index in [0.717, 1.165) is 13.3 Å². The molecule has 3 nitrogen and oxygen atoms in total. The molecule has 0 fully saturated rings. The molecule has 0 heterocycles. The summed E-state index contributed by atoms with van der Waals surface area (Å²) in [5.74, 6) is -0.562. The van der Waals surface area contributed by atoms with Crippen LogP contribution in [0.1, 0.15) is 40.5 Å². The fourth-order valence-corrected chi connectivity index (χ4v) is 0.564. The van der Waals surface area contributed by atoms with Crippen molar-refractivity contribution in [2.24, 2.45) is 0 Å². The molecule has 0 rings (SSSR count). The van der Waals surface area contributed by atoms with Crippen LogP contribution in [0.15, 0.2) is 11.6 Å². The van der Waals surface area contributed by atoms with Gasteiger partial charge in [0.15, 0.2) is 0 Å². The van der Waals surface area contributed by atoms with Gasteiger partial charge in [0.2, 0.25) is 0 Å². The first kappa shape index (κ1) is 14.4. The molecule has 0 saturated carbocycles. The predicted molar refractivity (Wildman–Crippen MR) is 52.7 cm³/mol. The van der Waals surface area contributed by atoms with Gasteiger partial charge in [-0.1, -0.05) is 11.6 Å². The quantitative estimate of drug-likeness (QED) is 0.688. The highest BCUT2D eigenvalue weighted by Crippen LogP contribution is 1.96. The second kappa shape index (κ2) is 8.97. The van der Waals surface area contributed by atoms with Crippen LogP contribution in [-0.2, 0) is 9.59 Å². The summed E-state index contributed by atoms with van der Waals surface area (Å²) >= 11 is 0. The van der Waals surface area contributed by atoms with Gasteiger partial charge < -0.3 is 9.90 Å². The first-order valence-corrected chi connectivity index (χ1v) is 4.18. The smallest absolute Gasteiger partial charge is 0.300 e. The van der Waals surface area contributed by atoms with E-state index in [2.05, 4.69) is 6.08 Å². The summed E-state index contributed by atoms with van der Waals surface area (Å²) in [6.07, 6.45) is 3.67. The van der Waals surface area contributed by atoms with Crippen molar-refractivity contribution >= 4 is 11.8 Å². The van der Waals surface area contributed by atoms with E-state index < -0.39 is 5.97 Å². The van der Waals surface area contributed by atoms with Crippen LogP contribution in [0.2, 0.25) is 0 Å². The van der Waals surface area contributed by atoms with E-state index in [1.807, 2.05) is 13.8 Å². The summed E-state index contributed by atoms with van der Waals surface area (Å²) in [7, 11) is 0. The number of aliphatic carboxylic acids is 1. The van der Waals surface area contributed by atoms with Crippen molar-refractivity contribution < 1.29 is 14.7 Å². The van der Waals surface area contributed by atoms with Crippen molar-refractivity contribution in [1.29, 1.82) is 0 Å². The van der Waals surface area contributed by atoms with Gasteiger partial charge in [-0.15, -0.1) is 0 Å². The van der Waals surface area contributed by atoms with Crippen molar-refractivity contribution in [2.45, 2.75) is 40.5 Å². The van der Waals surface area contributed by atoms with Crippen molar-refractivity contribution in [3.63, 3.8) is 0 Å². The molecule has 76 valence electrons. The lowest BCUT2D eigenvalue weighted by atomic mass is 10.2. The highest BCUT2D eigenvalue weighted by molar-refractivity contribution is 5.75. The minimum absolute atomic E-state index is 0.271. The lowest BCUT2D eigenvalue weighted by Crippen LogP contribution is -1.86. The third-order valence-corrected chi connectivity index (χ3v) is 1.05. The average Bonchev–Trinajstić information content (AvgIpc) is 1.83. The molecule has 0 saturated heterocycles. The average molecular weight is 186 g/mol. The van der Waals surface area contributed by atoms with Crippen LogP contribution in [0.25, 0.3) is 0 Å². The molecular weight excluding hydrogens is 168 g/mol. The zero-order valence-electron chi connectivity index (χ0n) is 8.76. The highest BCUT2D eigenvalue weighted by atomic mass is 16.4. The fourth-order valence-electron chi connectivity index (χ4n) is 0.564. The third-order valence-electron chi connectivity index (χ3n) is 1.05. The molecular formula is C10H18O3. The summed E-state index contributed by atoms with van der Waals surface area (Å²) in [4.78, 5) is 19.4. The van der Waals surface area contributed by atoms with Crippen LogP contribution in [-0.4, -0.2) is 16.9 Å². The molecule has 0 aliphatic heterocycles. The summed E-state index contributed by atoms with van der Waals surface area (Å²) in [5, 5.41) is 7.42. The number of hydrogen-bond donors (Lipinski definition) is 1. The van der Waals surface area contributed by atoms with E-state index in [1.165, 1.54) is 5.57 Å². The lowest BCUT2D eigenvalue weighted by Gasteiger charge is -1.89. The van der Waals surface area contributed by atoms with Crippen molar-refractivity contribution in [2.75, 3.05) is 0 Å². The maximum Gasteiger partial charge on any atom is 0.300 e. The molecule has 0 amide bonds. The van der Waals surface area contributed by atoms with Crippen LogP contribution in [0.3, 0.4) is 0 Å². The summed E-state index contributed by atoms with van der Waals surface area (Å²) in [6, 6.07) is 0. The Balaban J connectivity index is 0. The van der Waals surface area contributed by atoms with Crippen LogP contribution in [0.4, 0.5) is 0 Å². The molecule has 0 aromatic carbocycles. The monoisotopic (exact) mass is 186 g/mol. The molecule has 3 heteroatoms. The number of carbonyl (C=O) groups excluding carboxylic acids is 1. The Morgan fingerprint density at radius 1 is 1.15 bits per heavy atom. The molecule has 0 bridgehead atoms. The van der Waals surface area contributed by atoms with Crippen LogP contribution in [0, 0.1) is 0 Å². The first-order chi connectivity index (χ1) is 5.86. The number of carboxylic acids is 1. The van der Waals surface area contributed by atoms with Gasteiger partial charge in [-0.05, 0) is 27.2 Å². The summed E-state index contributed by atoms with van der Waals surface area (Å²) in [6.45, 7) is 6.79. The van der Waals surface area contributed by atoms with Gasteiger partial charge in [0.1, 0.15) is 5.78 Å². The van der Waals surface area contributed by atoms with Gasteiger partial charge in [0, 0.05) is 13.3 Å². The van der Waals surface area contributed by atoms with E-state index in [1.54, 1.807) is 6.92 Å². The van der Waals surface area contributed by atoms with Gasteiger partial charge in [-0.25, -0.2) is 0 Å². The fraction of sp³-hybridized carbons (Fsp3) is 0.600. The van der Waals surface area contributed by atoms with Crippen LogP contribution in [0.5, 0.6) is 0 Å². The van der Waals surface area contributed by atoms with Crippen LogP contribution >= 0.6 is 0 Å². The third kappa shape index (κ3) is 36.0. The first-order valence-electron chi connectivity index (χ1n) is 4.18. The van der Waals surface area contributed by atoms with E-state index in [9.17, 15) is 4.79 Å². The number of allylic oxidation sites excluding steroid dienone is 2. The van der Waals surface area contributed by atoms with Crippen LogP contribution < -0.4 is 0 Å². The molecule has 0 aromatic rings. The molecule has 0 aliphatic carbocycles. The molecule has 0 unspecified atom stereocenters. The summed E-state index contributed by atoms with van der Waals surface area (Å²) in [5.41, 5.74) is 1.29. The van der Waals surface area contributed by atoms with Crippen molar-refractivity contribution in [1.82, 2.24) is 0 Å². The van der Waals surface area contributed by atoms with Crippen molar-refractivity contribution in [3.8, 4) is 0 Å². The molecule has 0 radical (unpaired) electrons. The largest absolute Gasteiger partial charge is 0.481 e. The molecule has 0 aromatic heterocycles. The molecule has 0 aliphatic rings. The number of carboxylic acid groups (broad SMARTS) is 1. The minimum Gasteiger partial charge on any atom is -0.481 e. The molecule has 1 N–H and O–H groups in total. The Bertz CT molecular complexity index is 184. The number of carbonyl (C=O) groups is 2. The Hall–Kier alpha value is -1.12. The van der Waals surface area contributed by atoms with Crippen molar-refractivity contribution in [3.05, 3.63) is 11.6 Å². The molecule has 0 atom stereocenters. The van der Waals surface area contributed by atoms with Gasteiger partial charge >= 0.3 is 0 Å². The topological polar surface area (TPSA) is 54.4 Å². The van der Waals surface area contributed by atoms with E-state index >= 15 is 0 Å². The van der Waals surface area contributed by atoms with E-state index in [4.69, 9.17) is 9.90 Å². The SMILES string of the molecule is CC(=O)CCC=C(C)C.CC(=O)O. The summed E-state index contributed by atoms with van der Waals surface area (Å²) < 4.78 is 0. The zero-order chi connectivity index (χ0) is 10.9. The maximum absolute atomic E-state index is 10.4. The normalized spacial score (nSPS) is 8.00. The second-order valence-electron chi connectivity index (χ2n) is 3.04. The molecule has 0 spiro atoms. The highest BCUT2D eigenvalue weighted by Gasteiger charge is 1.88. The predicted octanol–water partition coefficient (Wildman–Crippen LogP) is 2.41. The Morgan fingerprint density at radius 3 is 1.77 bits per heavy atom. The van der Waals surface area contributed by atoms with E-state index in [0.29, 0.717) is 6.42 Å². The van der Waals surface area contributed by atoms with Gasteiger partial charge in [0.25, 0.3) is 5.97 Å². The number of ketones is 1. The van der Waals surface area contributed by atoms with E-state index in [-0.39, 0.29) is 5.78 Å². The number of hydrogen-bond acceptors (Lipinski definition) is 2. The van der Waals surface area contributed by atoms with Gasteiger partial charge in [0.05, 0.1) is 0 Å². The minimum atomic E-state index is -0.833. The zero-order valence-corrected chi connectivity index (χ0v) is 8.76. The second-order valence-corrected chi connectivity index (χ2v) is 3.04. The number of Topliss-reactive ketones (excluding diaryl/α,β-unsaturated/α-hetero) is 1. The Labute approximate surface area is 79.5 Å². The number of rotatable bonds is 3. The molecule has 13 heavy (non-hydrogen) atoms. The maximum atomic E-state index is 10.4. The van der Waals surface area contributed by atoms with Gasteiger partial charge in [-0.2, -0.15) is 0 Å². The lowest BCUT2D eigenvalue weighted by molar-refractivity contribution is -0.134. The van der Waals surface area contributed by atoms with Gasteiger partial charge in [-0.3, -0.25) is 4.79 Å². The standard InChI is InChI=1S/C8H14O.C2H4O2/c1-7(2)5-4-6-8(3)9;1-2(3)4/h5H,4,6H2,1-3H3;1H3,(H,3,4). The Morgan fingerprint density at radius 2 is 1.54 bits per heavy atom. The Kier molecular flexibility index (Phi) is 9.94.